The lowest BCUT2D eigenvalue weighted by Gasteiger charge is -2.10. The Morgan fingerprint density at radius 1 is 0.676 bits per heavy atom. The minimum absolute atomic E-state index is 0.174. The number of anilines is 1. The molecule has 1 aliphatic rings. The summed E-state index contributed by atoms with van der Waals surface area (Å²) in [4.78, 5) is 13.8. The van der Waals surface area contributed by atoms with Crippen molar-refractivity contribution < 1.29 is 4.79 Å². The van der Waals surface area contributed by atoms with Crippen LogP contribution in [0.3, 0.4) is 0 Å². The Bertz CT molecular complexity index is 1620. The molecule has 1 aliphatic heterocycles. The first kappa shape index (κ1) is 22.4. The first-order valence-electron chi connectivity index (χ1n) is 12.1. The van der Waals surface area contributed by atoms with E-state index in [1.165, 1.54) is 10.6 Å². The van der Waals surface area contributed by atoms with Gasteiger partial charge in [-0.05, 0) is 37.3 Å². The minimum Gasteiger partial charge on any atom is -0.267 e. The van der Waals surface area contributed by atoms with Crippen molar-refractivity contribution >= 4 is 23.4 Å². The van der Waals surface area contributed by atoms with Crippen LogP contribution < -0.4 is 5.01 Å². The third-order valence-electron chi connectivity index (χ3n) is 6.31. The number of amides is 1. The van der Waals surface area contributed by atoms with E-state index in [2.05, 4.69) is 31.2 Å². The number of aryl methyl sites for hydroxylation is 1. The summed E-state index contributed by atoms with van der Waals surface area (Å²) in [5, 5.41) is 11.2. The van der Waals surface area contributed by atoms with Crippen LogP contribution in [0, 0.1) is 6.92 Å². The van der Waals surface area contributed by atoms with Gasteiger partial charge in [-0.25, -0.2) is 4.68 Å². The van der Waals surface area contributed by atoms with Crippen LogP contribution in [-0.2, 0) is 4.79 Å². The first-order valence-corrected chi connectivity index (χ1v) is 12.1. The zero-order valence-corrected chi connectivity index (χ0v) is 20.3. The molecule has 5 heteroatoms. The molecule has 0 atom stereocenters. The number of hydrazone groups is 1. The molecule has 0 bridgehead atoms. The van der Waals surface area contributed by atoms with E-state index in [1.807, 2.05) is 108 Å². The molecule has 6 rings (SSSR count). The normalized spacial score (nSPS) is 14.3. The van der Waals surface area contributed by atoms with Crippen LogP contribution in [0.25, 0.3) is 23.0 Å². The molecule has 0 saturated carbocycles. The van der Waals surface area contributed by atoms with Crippen LogP contribution in [0.4, 0.5) is 5.69 Å². The summed E-state index contributed by atoms with van der Waals surface area (Å²) in [5.41, 5.74) is 7.51. The smallest absolute Gasteiger partial charge is 0.267 e. The Kier molecular flexibility index (Phi) is 5.79. The molecule has 178 valence electrons. The highest BCUT2D eigenvalue weighted by Gasteiger charge is 2.32. The second-order valence-electron chi connectivity index (χ2n) is 8.90. The minimum atomic E-state index is -0.174. The summed E-state index contributed by atoms with van der Waals surface area (Å²) in [6.45, 7) is 2.06. The molecular weight excluding hydrogens is 456 g/mol. The lowest BCUT2D eigenvalue weighted by molar-refractivity contribution is -0.114. The van der Waals surface area contributed by atoms with Crippen molar-refractivity contribution in [3.8, 4) is 16.9 Å². The summed E-state index contributed by atoms with van der Waals surface area (Å²) < 4.78 is 1.86. The van der Waals surface area contributed by atoms with Crippen molar-refractivity contribution in [2.45, 2.75) is 6.92 Å². The molecule has 2 heterocycles. The fourth-order valence-electron chi connectivity index (χ4n) is 4.40. The van der Waals surface area contributed by atoms with E-state index in [-0.39, 0.29) is 5.91 Å². The number of aromatic nitrogens is 2. The van der Waals surface area contributed by atoms with E-state index in [9.17, 15) is 4.79 Å². The lowest BCUT2D eigenvalue weighted by Crippen LogP contribution is -2.21. The average molecular weight is 481 g/mol. The molecule has 0 aliphatic carbocycles. The van der Waals surface area contributed by atoms with Crippen LogP contribution in [0.1, 0.15) is 16.7 Å². The van der Waals surface area contributed by atoms with Crippen molar-refractivity contribution in [3.63, 3.8) is 0 Å². The molecule has 0 N–H and O–H groups in total. The Balaban J connectivity index is 1.52. The summed E-state index contributed by atoms with van der Waals surface area (Å²) in [6.07, 6.45) is 3.89. The Morgan fingerprint density at radius 2 is 1.27 bits per heavy atom. The van der Waals surface area contributed by atoms with Crippen molar-refractivity contribution in [1.29, 1.82) is 0 Å². The predicted molar refractivity (Wildman–Crippen MR) is 149 cm³/mol. The van der Waals surface area contributed by atoms with E-state index in [0.29, 0.717) is 11.3 Å². The maximum atomic E-state index is 13.8. The van der Waals surface area contributed by atoms with Crippen LogP contribution >= 0.6 is 0 Å². The fraction of sp³-hybridized carbons (Fsp3) is 0.0312. The molecule has 5 nitrogen and oxygen atoms in total. The Labute approximate surface area is 215 Å². The second-order valence-corrected chi connectivity index (χ2v) is 8.90. The average Bonchev–Trinajstić information content (AvgIpc) is 3.52. The van der Waals surface area contributed by atoms with Gasteiger partial charge < -0.3 is 0 Å². The SMILES string of the molecule is Cc1ccc(-c2nn(-c3ccccc3)cc2C=C2C(=O)N(c3ccccc3)N=C2c2ccccc2)cc1. The van der Waals surface area contributed by atoms with Gasteiger partial charge in [-0.3, -0.25) is 4.79 Å². The maximum absolute atomic E-state index is 13.8. The van der Waals surface area contributed by atoms with Gasteiger partial charge in [0.2, 0.25) is 0 Å². The second kappa shape index (κ2) is 9.55. The lowest BCUT2D eigenvalue weighted by atomic mass is 9.99. The molecule has 4 aromatic carbocycles. The number of hydrogen-bond donors (Lipinski definition) is 0. The summed E-state index contributed by atoms with van der Waals surface area (Å²) >= 11 is 0. The molecule has 0 fully saturated rings. The zero-order valence-electron chi connectivity index (χ0n) is 20.3. The highest BCUT2D eigenvalue weighted by Crippen LogP contribution is 2.31. The van der Waals surface area contributed by atoms with Crippen molar-refractivity contribution in [3.05, 3.63) is 144 Å². The number of nitrogens with zero attached hydrogens (tertiary/aromatic N) is 4. The van der Waals surface area contributed by atoms with Gasteiger partial charge in [-0.15, -0.1) is 0 Å². The van der Waals surface area contributed by atoms with Gasteiger partial charge >= 0.3 is 0 Å². The summed E-state index contributed by atoms with van der Waals surface area (Å²) in [7, 11) is 0. The van der Waals surface area contributed by atoms with Crippen LogP contribution in [0.2, 0.25) is 0 Å². The quantitative estimate of drug-likeness (QED) is 0.263. The van der Waals surface area contributed by atoms with Gasteiger partial charge in [-0.2, -0.15) is 15.2 Å². The molecule has 0 unspecified atom stereocenters. The molecule has 0 spiro atoms. The summed E-state index contributed by atoms with van der Waals surface area (Å²) in [5.74, 6) is -0.174. The highest BCUT2D eigenvalue weighted by molar-refractivity contribution is 6.37. The van der Waals surface area contributed by atoms with E-state index < -0.39 is 0 Å². The highest BCUT2D eigenvalue weighted by atomic mass is 16.2. The number of carbonyl (C=O) groups is 1. The third-order valence-corrected chi connectivity index (χ3v) is 6.31. The number of carbonyl (C=O) groups excluding carboxylic acids is 1. The van der Waals surface area contributed by atoms with E-state index in [4.69, 9.17) is 10.2 Å². The van der Waals surface area contributed by atoms with Gasteiger partial charge in [-0.1, -0.05) is 96.6 Å². The van der Waals surface area contributed by atoms with Gasteiger partial charge in [0.05, 0.1) is 22.6 Å². The van der Waals surface area contributed by atoms with Crippen molar-refractivity contribution in [2.75, 3.05) is 5.01 Å². The number of hydrogen-bond acceptors (Lipinski definition) is 3. The molecule has 1 amide bonds. The Morgan fingerprint density at radius 3 is 1.92 bits per heavy atom. The van der Waals surface area contributed by atoms with Crippen LogP contribution in [0.15, 0.2) is 132 Å². The van der Waals surface area contributed by atoms with Gasteiger partial charge in [0.15, 0.2) is 0 Å². The molecule has 0 saturated heterocycles. The number of rotatable bonds is 5. The van der Waals surface area contributed by atoms with Crippen LogP contribution in [-0.4, -0.2) is 21.4 Å². The monoisotopic (exact) mass is 480 g/mol. The van der Waals surface area contributed by atoms with E-state index >= 15 is 0 Å². The van der Waals surface area contributed by atoms with Gasteiger partial charge in [0, 0.05) is 22.9 Å². The molecule has 5 aromatic rings. The largest absolute Gasteiger partial charge is 0.281 e. The predicted octanol–water partition coefficient (Wildman–Crippen LogP) is 6.68. The van der Waals surface area contributed by atoms with Gasteiger partial charge in [0.1, 0.15) is 5.71 Å². The summed E-state index contributed by atoms with van der Waals surface area (Å²) in [6, 6.07) is 37.6. The topological polar surface area (TPSA) is 50.5 Å². The van der Waals surface area contributed by atoms with E-state index in [0.717, 1.165) is 33.8 Å². The zero-order chi connectivity index (χ0) is 25.2. The number of para-hydroxylation sites is 2. The molecule has 37 heavy (non-hydrogen) atoms. The maximum Gasteiger partial charge on any atom is 0.281 e. The van der Waals surface area contributed by atoms with Crippen molar-refractivity contribution in [2.24, 2.45) is 5.10 Å². The standard InChI is InChI=1S/C32H24N4O/c1-23-17-19-25(20-18-23)30-26(22-35(33-30)27-13-7-3-8-14-27)21-29-31(24-11-5-2-6-12-24)34-36(32(29)37)28-15-9-4-10-16-28/h2-22H,1H3. The fourth-order valence-corrected chi connectivity index (χ4v) is 4.40. The molecule has 1 aromatic heterocycles. The van der Waals surface area contributed by atoms with Crippen molar-refractivity contribution in [1.82, 2.24) is 9.78 Å². The molecule has 0 radical (unpaired) electrons. The third kappa shape index (κ3) is 4.39. The molecular formula is C32H24N4O. The first-order chi connectivity index (χ1) is 18.2. The Hall–Kier alpha value is -5.03. The van der Waals surface area contributed by atoms with E-state index in [1.54, 1.807) is 0 Å². The van der Waals surface area contributed by atoms with Crippen LogP contribution in [0.5, 0.6) is 0 Å². The van der Waals surface area contributed by atoms with Gasteiger partial charge in [0.25, 0.3) is 5.91 Å². The number of benzene rings is 4.